The normalized spacial score (nSPS) is 22.1. The van der Waals surface area contributed by atoms with Gasteiger partial charge in [-0.2, -0.15) is 0 Å². The fraction of sp³-hybridized carbons (Fsp3) is 0.333. The van der Waals surface area contributed by atoms with Crippen LogP contribution in [0.4, 0.5) is 10.5 Å². The van der Waals surface area contributed by atoms with Gasteiger partial charge in [0.25, 0.3) is 5.91 Å². The van der Waals surface area contributed by atoms with Crippen LogP contribution in [-0.2, 0) is 9.53 Å². The number of fused-ring (bicyclic) bond motifs is 1. The Morgan fingerprint density at radius 1 is 1.39 bits per heavy atom. The van der Waals surface area contributed by atoms with E-state index in [0.717, 1.165) is 5.56 Å². The summed E-state index contributed by atoms with van der Waals surface area (Å²) in [7, 11) is 1.70. The summed E-state index contributed by atoms with van der Waals surface area (Å²) in [6.07, 6.45) is -0.730. The minimum Gasteiger partial charge on any atom is -0.482 e. The molecular formula is C12H12N2O4. The van der Waals surface area contributed by atoms with Gasteiger partial charge in [0.2, 0.25) is 0 Å². The Morgan fingerprint density at radius 2 is 2.22 bits per heavy atom. The molecule has 18 heavy (non-hydrogen) atoms. The van der Waals surface area contributed by atoms with Crippen molar-refractivity contribution in [3.8, 4) is 5.75 Å². The first kappa shape index (κ1) is 10.9. The molecule has 1 fully saturated rings. The van der Waals surface area contributed by atoms with E-state index in [0.29, 0.717) is 18.0 Å². The maximum Gasteiger partial charge on any atom is 0.407 e. The first-order valence-electron chi connectivity index (χ1n) is 5.63. The number of rotatable bonds is 1. The number of cyclic esters (lactones) is 1. The lowest BCUT2D eigenvalue weighted by Crippen LogP contribution is -2.35. The number of nitrogens with one attached hydrogen (secondary N) is 1. The number of hydrogen-bond acceptors (Lipinski definition) is 4. The molecule has 2 heterocycles. The van der Waals surface area contributed by atoms with E-state index in [1.807, 2.05) is 12.1 Å². The highest BCUT2D eigenvalue weighted by molar-refractivity contribution is 5.97. The zero-order valence-corrected chi connectivity index (χ0v) is 9.80. The minimum absolute atomic E-state index is 0.0583. The number of hydrogen-bond donors (Lipinski definition) is 1. The Hall–Kier alpha value is -2.24. The molecule has 2 aliphatic heterocycles. The van der Waals surface area contributed by atoms with E-state index in [4.69, 9.17) is 9.47 Å². The molecule has 2 amide bonds. The zero-order chi connectivity index (χ0) is 12.7. The van der Waals surface area contributed by atoms with Crippen molar-refractivity contribution in [2.24, 2.45) is 0 Å². The van der Waals surface area contributed by atoms with Crippen LogP contribution in [0.1, 0.15) is 11.7 Å². The number of benzene rings is 1. The van der Waals surface area contributed by atoms with Gasteiger partial charge in [0.05, 0.1) is 12.2 Å². The van der Waals surface area contributed by atoms with Gasteiger partial charge >= 0.3 is 6.09 Å². The topological polar surface area (TPSA) is 67.9 Å². The van der Waals surface area contributed by atoms with E-state index in [-0.39, 0.29) is 18.6 Å². The molecule has 1 aromatic carbocycles. The summed E-state index contributed by atoms with van der Waals surface area (Å²) in [5.74, 6) is 0.569. The van der Waals surface area contributed by atoms with Gasteiger partial charge in [-0.1, -0.05) is 6.07 Å². The molecule has 0 aliphatic carbocycles. The number of carbonyl (C=O) groups is 2. The van der Waals surface area contributed by atoms with Crippen LogP contribution >= 0.6 is 0 Å². The highest BCUT2D eigenvalue weighted by Crippen LogP contribution is 2.34. The summed E-state index contributed by atoms with van der Waals surface area (Å²) in [5, 5.41) is 2.60. The smallest absolute Gasteiger partial charge is 0.407 e. The van der Waals surface area contributed by atoms with Crippen molar-refractivity contribution in [1.29, 1.82) is 0 Å². The van der Waals surface area contributed by atoms with Crippen molar-refractivity contribution in [2.45, 2.75) is 6.10 Å². The molecule has 3 rings (SSSR count). The third-order valence-corrected chi connectivity index (χ3v) is 3.12. The van der Waals surface area contributed by atoms with E-state index >= 15 is 0 Å². The number of carbonyl (C=O) groups excluding carboxylic acids is 2. The third kappa shape index (κ3) is 1.66. The molecule has 94 valence electrons. The van der Waals surface area contributed by atoms with Gasteiger partial charge in [0.15, 0.2) is 6.61 Å². The van der Waals surface area contributed by atoms with Gasteiger partial charge < -0.3 is 19.7 Å². The molecule has 1 aromatic rings. The molecule has 0 saturated carbocycles. The number of ether oxygens (including phenoxy) is 2. The van der Waals surface area contributed by atoms with Crippen LogP contribution in [-0.4, -0.2) is 32.2 Å². The van der Waals surface area contributed by atoms with E-state index in [1.165, 1.54) is 0 Å². The largest absolute Gasteiger partial charge is 0.482 e. The van der Waals surface area contributed by atoms with Gasteiger partial charge in [-0.05, 0) is 17.7 Å². The fourth-order valence-electron chi connectivity index (χ4n) is 2.06. The van der Waals surface area contributed by atoms with E-state index in [9.17, 15) is 9.59 Å². The van der Waals surface area contributed by atoms with E-state index in [1.54, 1.807) is 18.0 Å². The number of nitrogens with zero attached hydrogens (tertiary/aromatic N) is 1. The molecule has 6 nitrogen and oxygen atoms in total. The van der Waals surface area contributed by atoms with Crippen molar-refractivity contribution in [2.75, 3.05) is 25.1 Å². The molecule has 0 spiro atoms. The Morgan fingerprint density at radius 3 is 2.94 bits per heavy atom. The standard InChI is InChI=1S/C12H12N2O4/c1-14-8-4-7(10-5-13-12(16)18-10)2-3-9(8)17-6-11(14)15/h2-4,10H,5-6H2,1H3,(H,13,16). The third-order valence-electron chi connectivity index (χ3n) is 3.12. The van der Waals surface area contributed by atoms with Crippen LogP contribution in [0.25, 0.3) is 0 Å². The summed E-state index contributed by atoms with van der Waals surface area (Å²) in [5.41, 5.74) is 1.55. The number of likely N-dealkylation sites (N-methyl/N-ethyl adjacent to an activating group) is 1. The van der Waals surface area contributed by atoms with E-state index in [2.05, 4.69) is 5.32 Å². The van der Waals surface area contributed by atoms with Crippen molar-refractivity contribution in [3.05, 3.63) is 23.8 Å². The van der Waals surface area contributed by atoms with Gasteiger partial charge in [-0.25, -0.2) is 4.79 Å². The molecule has 1 saturated heterocycles. The van der Waals surface area contributed by atoms with Crippen LogP contribution in [0.15, 0.2) is 18.2 Å². The average Bonchev–Trinajstić information content (AvgIpc) is 2.80. The molecule has 6 heteroatoms. The summed E-state index contributed by atoms with van der Waals surface area (Å²) in [6, 6.07) is 5.45. The molecule has 1 atom stereocenters. The molecule has 1 N–H and O–H groups in total. The predicted octanol–water partition coefficient (Wildman–Crippen LogP) is 0.823. The Bertz CT molecular complexity index is 529. The Balaban J connectivity index is 1.95. The summed E-state index contributed by atoms with van der Waals surface area (Å²) in [4.78, 5) is 24.1. The minimum atomic E-state index is -0.418. The highest BCUT2D eigenvalue weighted by Gasteiger charge is 2.27. The lowest BCUT2D eigenvalue weighted by molar-refractivity contribution is -0.120. The second-order valence-corrected chi connectivity index (χ2v) is 4.24. The Kier molecular flexibility index (Phi) is 2.36. The first-order valence-corrected chi connectivity index (χ1v) is 5.63. The maximum atomic E-state index is 11.5. The highest BCUT2D eigenvalue weighted by atomic mass is 16.6. The van der Waals surface area contributed by atoms with Crippen LogP contribution < -0.4 is 15.0 Å². The van der Waals surface area contributed by atoms with Crippen molar-refractivity contribution < 1.29 is 19.1 Å². The SMILES string of the molecule is CN1C(=O)COc2ccc(C3CNC(=O)O3)cc21. The quantitative estimate of drug-likeness (QED) is 0.799. The number of alkyl carbamates (subject to hydrolysis) is 1. The summed E-state index contributed by atoms with van der Waals surface area (Å²) in [6.45, 7) is 0.499. The lowest BCUT2D eigenvalue weighted by atomic mass is 10.1. The van der Waals surface area contributed by atoms with Crippen LogP contribution in [0.3, 0.4) is 0 Å². The molecule has 0 radical (unpaired) electrons. The first-order chi connectivity index (χ1) is 8.65. The van der Waals surface area contributed by atoms with Crippen molar-refractivity contribution in [1.82, 2.24) is 5.32 Å². The van der Waals surface area contributed by atoms with Gasteiger partial charge in [0.1, 0.15) is 11.9 Å². The van der Waals surface area contributed by atoms with Gasteiger partial charge in [0, 0.05) is 7.05 Å². The molecule has 2 aliphatic rings. The second kappa shape index (κ2) is 3.90. The van der Waals surface area contributed by atoms with Crippen molar-refractivity contribution in [3.63, 3.8) is 0 Å². The fourth-order valence-corrected chi connectivity index (χ4v) is 2.06. The van der Waals surface area contributed by atoms with Gasteiger partial charge in [-0.3, -0.25) is 4.79 Å². The Labute approximate surface area is 103 Å². The monoisotopic (exact) mass is 248 g/mol. The summed E-state index contributed by atoms with van der Waals surface area (Å²) < 4.78 is 10.4. The number of anilines is 1. The van der Waals surface area contributed by atoms with E-state index < -0.39 is 6.09 Å². The van der Waals surface area contributed by atoms with Crippen LogP contribution in [0.5, 0.6) is 5.75 Å². The number of amides is 2. The average molecular weight is 248 g/mol. The lowest BCUT2D eigenvalue weighted by Gasteiger charge is -2.26. The molecule has 1 unspecified atom stereocenters. The zero-order valence-electron chi connectivity index (χ0n) is 9.80. The van der Waals surface area contributed by atoms with Gasteiger partial charge in [-0.15, -0.1) is 0 Å². The second-order valence-electron chi connectivity index (χ2n) is 4.24. The summed E-state index contributed by atoms with van der Waals surface area (Å²) >= 11 is 0. The van der Waals surface area contributed by atoms with Crippen molar-refractivity contribution >= 4 is 17.7 Å². The van der Waals surface area contributed by atoms with Crippen LogP contribution in [0, 0.1) is 0 Å². The van der Waals surface area contributed by atoms with Crippen LogP contribution in [0.2, 0.25) is 0 Å². The predicted molar refractivity (Wildman–Crippen MR) is 62.6 cm³/mol. The molecular weight excluding hydrogens is 236 g/mol. The molecule has 0 aromatic heterocycles. The maximum absolute atomic E-state index is 11.5. The molecule has 0 bridgehead atoms.